The maximum Gasteiger partial charge on any atom is 0.0598 e. The lowest BCUT2D eigenvalue weighted by Gasteiger charge is -2.18. The maximum absolute atomic E-state index is 5.73. The molecule has 66 valence electrons. The molecule has 1 rings (SSSR count). The van der Waals surface area contributed by atoms with E-state index in [0.717, 1.165) is 12.5 Å². The molecule has 0 radical (unpaired) electrons. The van der Waals surface area contributed by atoms with Crippen LogP contribution in [-0.2, 0) is 4.74 Å². The van der Waals surface area contributed by atoms with Crippen LogP contribution in [0.15, 0.2) is 0 Å². The van der Waals surface area contributed by atoms with E-state index in [-0.39, 0.29) is 0 Å². The van der Waals surface area contributed by atoms with Gasteiger partial charge in [-0.1, -0.05) is 20.8 Å². The topological polar surface area (TPSA) is 9.23 Å². The van der Waals surface area contributed by atoms with E-state index in [1.807, 2.05) is 0 Å². The van der Waals surface area contributed by atoms with Gasteiger partial charge in [0.2, 0.25) is 0 Å². The first-order valence-corrected chi connectivity index (χ1v) is 4.81. The highest BCUT2D eigenvalue weighted by Gasteiger charge is 2.18. The van der Waals surface area contributed by atoms with Crippen molar-refractivity contribution in [1.29, 1.82) is 0 Å². The highest BCUT2D eigenvalue weighted by molar-refractivity contribution is 4.68. The molecule has 0 aromatic rings. The summed E-state index contributed by atoms with van der Waals surface area (Å²) in [4.78, 5) is 0. The smallest absolute Gasteiger partial charge is 0.0598 e. The molecule has 0 aromatic carbocycles. The van der Waals surface area contributed by atoms with E-state index in [2.05, 4.69) is 20.8 Å². The van der Waals surface area contributed by atoms with Gasteiger partial charge in [-0.2, -0.15) is 0 Å². The van der Waals surface area contributed by atoms with Gasteiger partial charge in [0.25, 0.3) is 0 Å². The van der Waals surface area contributed by atoms with Gasteiger partial charge in [0.05, 0.1) is 6.10 Å². The maximum atomic E-state index is 5.73. The summed E-state index contributed by atoms with van der Waals surface area (Å²) in [6, 6.07) is 0. The highest BCUT2D eigenvalue weighted by Crippen LogP contribution is 2.22. The van der Waals surface area contributed by atoms with Crippen molar-refractivity contribution in [3.05, 3.63) is 0 Å². The molecular formula is C10H20O. The Morgan fingerprint density at radius 3 is 2.55 bits per heavy atom. The van der Waals surface area contributed by atoms with Gasteiger partial charge in [-0.25, -0.2) is 0 Å². The molecule has 1 heterocycles. The van der Waals surface area contributed by atoms with E-state index < -0.39 is 0 Å². The van der Waals surface area contributed by atoms with Crippen LogP contribution in [0, 0.1) is 11.8 Å². The Kier molecular flexibility index (Phi) is 3.38. The standard InChI is InChI=1S/C10H20O/c1-8(2)10-5-4-9(3)6-7-11-10/h8-10H,4-7H2,1-3H3/t9-,10?/m1/s1. The Hall–Kier alpha value is -0.0400. The summed E-state index contributed by atoms with van der Waals surface area (Å²) in [5, 5.41) is 0. The molecule has 1 heteroatoms. The molecule has 1 fully saturated rings. The summed E-state index contributed by atoms with van der Waals surface area (Å²) >= 11 is 0. The molecule has 0 amide bonds. The van der Waals surface area contributed by atoms with Gasteiger partial charge in [-0.15, -0.1) is 0 Å². The lowest BCUT2D eigenvalue weighted by Crippen LogP contribution is -2.18. The number of hydrogen-bond donors (Lipinski definition) is 0. The van der Waals surface area contributed by atoms with Crippen LogP contribution < -0.4 is 0 Å². The molecule has 0 saturated carbocycles. The van der Waals surface area contributed by atoms with Crippen molar-refractivity contribution >= 4 is 0 Å². The van der Waals surface area contributed by atoms with E-state index in [4.69, 9.17) is 4.74 Å². The third-order valence-corrected chi connectivity index (χ3v) is 2.63. The zero-order valence-electron chi connectivity index (χ0n) is 7.97. The first kappa shape index (κ1) is 9.05. The van der Waals surface area contributed by atoms with E-state index >= 15 is 0 Å². The molecule has 0 bridgehead atoms. The normalized spacial score (nSPS) is 33.8. The molecule has 1 unspecified atom stereocenters. The minimum Gasteiger partial charge on any atom is -0.378 e. The van der Waals surface area contributed by atoms with Crippen LogP contribution in [0.25, 0.3) is 0 Å². The third-order valence-electron chi connectivity index (χ3n) is 2.63. The first-order valence-electron chi connectivity index (χ1n) is 4.81. The van der Waals surface area contributed by atoms with Crippen molar-refractivity contribution in [2.75, 3.05) is 6.61 Å². The third kappa shape index (κ3) is 2.82. The van der Waals surface area contributed by atoms with Crippen LogP contribution in [0.3, 0.4) is 0 Å². The minimum absolute atomic E-state index is 0.528. The van der Waals surface area contributed by atoms with Gasteiger partial charge < -0.3 is 4.74 Å². The van der Waals surface area contributed by atoms with Gasteiger partial charge in [0.15, 0.2) is 0 Å². The van der Waals surface area contributed by atoms with Gasteiger partial charge in [0, 0.05) is 6.61 Å². The quantitative estimate of drug-likeness (QED) is 0.567. The van der Waals surface area contributed by atoms with Crippen molar-refractivity contribution in [3.63, 3.8) is 0 Å². The SMILES string of the molecule is CC(C)C1CC[C@@H](C)CCO1. The lowest BCUT2D eigenvalue weighted by molar-refractivity contribution is 0.0269. The molecule has 1 nitrogen and oxygen atoms in total. The Morgan fingerprint density at radius 1 is 1.18 bits per heavy atom. The summed E-state index contributed by atoms with van der Waals surface area (Å²) in [5.74, 6) is 1.57. The molecule has 0 aliphatic carbocycles. The van der Waals surface area contributed by atoms with E-state index in [9.17, 15) is 0 Å². The summed E-state index contributed by atoms with van der Waals surface area (Å²) in [6.07, 6.45) is 4.39. The van der Waals surface area contributed by atoms with E-state index in [1.165, 1.54) is 19.3 Å². The number of rotatable bonds is 1. The van der Waals surface area contributed by atoms with Crippen molar-refractivity contribution in [3.8, 4) is 0 Å². The minimum atomic E-state index is 0.528. The van der Waals surface area contributed by atoms with Crippen molar-refractivity contribution in [1.82, 2.24) is 0 Å². The zero-order chi connectivity index (χ0) is 8.27. The number of hydrogen-bond acceptors (Lipinski definition) is 1. The van der Waals surface area contributed by atoms with Gasteiger partial charge in [-0.3, -0.25) is 0 Å². The van der Waals surface area contributed by atoms with Crippen molar-refractivity contribution in [2.24, 2.45) is 11.8 Å². The fraction of sp³-hybridized carbons (Fsp3) is 1.00. The van der Waals surface area contributed by atoms with Crippen molar-refractivity contribution < 1.29 is 4.74 Å². The monoisotopic (exact) mass is 156 g/mol. The van der Waals surface area contributed by atoms with Crippen molar-refractivity contribution in [2.45, 2.75) is 46.1 Å². The zero-order valence-corrected chi connectivity index (χ0v) is 7.97. The Bertz CT molecular complexity index is 109. The van der Waals surface area contributed by atoms with Crippen LogP contribution in [0.2, 0.25) is 0 Å². The molecule has 0 aromatic heterocycles. The molecule has 2 atom stereocenters. The predicted octanol–water partition coefficient (Wildman–Crippen LogP) is 2.85. The molecule has 11 heavy (non-hydrogen) atoms. The molecule has 1 saturated heterocycles. The second-order valence-corrected chi connectivity index (χ2v) is 4.12. The van der Waals surface area contributed by atoms with E-state index in [1.54, 1.807) is 0 Å². The Labute approximate surface area is 70.1 Å². The Balaban J connectivity index is 2.34. The van der Waals surface area contributed by atoms with Gasteiger partial charge >= 0.3 is 0 Å². The van der Waals surface area contributed by atoms with Crippen LogP contribution in [0.1, 0.15) is 40.0 Å². The van der Waals surface area contributed by atoms with Crippen LogP contribution in [-0.4, -0.2) is 12.7 Å². The largest absolute Gasteiger partial charge is 0.378 e. The average Bonchev–Trinajstić information content (AvgIpc) is 2.13. The fourth-order valence-electron chi connectivity index (χ4n) is 1.62. The average molecular weight is 156 g/mol. The second kappa shape index (κ2) is 4.10. The second-order valence-electron chi connectivity index (χ2n) is 4.12. The highest BCUT2D eigenvalue weighted by atomic mass is 16.5. The molecule has 0 N–H and O–H groups in total. The van der Waals surface area contributed by atoms with E-state index in [0.29, 0.717) is 12.0 Å². The Morgan fingerprint density at radius 2 is 1.91 bits per heavy atom. The molecule has 1 aliphatic rings. The lowest BCUT2D eigenvalue weighted by atomic mass is 9.97. The van der Waals surface area contributed by atoms with Crippen LogP contribution in [0.4, 0.5) is 0 Å². The number of ether oxygens (including phenoxy) is 1. The van der Waals surface area contributed by atoms with Crippen LogP contribution >= 0.6 is 0 Å². The fourth-order valence-corrected chi connectivity index (χ4v) is 1.62. The molecule has 1 aliphatic heterocycles. The predicted molar refractivity (Wildman–Crippen MR) is 47.6 cm³/mol. The summed E-state index contributed by atoms with van der Waals surface area (Å²) in [6.45, 7) is 7.80. The molecule has 0 spiro atoms. The molecular weight excluding hydrogens is 136 g/mol. The summed E-state index contributed by atoms with van der Waals surface area (Å²) in [7, 11) is 0. The summed E-state index contributed by atoms with van der Waals surface area (Å²) < 4.78 is 5.73. The first-order chi connectivity index (χ1) is 5.20. The van der Waals surface area contributed by atoms with Gasteiger partial charge in [0.1, 0.15) is 0 Å². The summed E-state index contributed by atoms with van der Waals surface area (Å²) in [5.41, 5.74) is 0. The van der Waals surface area contributed by atoms with Crippen LogP contribution in [0.5, 0.6) is 0 Å². The van der Waals surface area contributed by atoms with Gasteiger partial charge in [-0.05, 0) is 31.1 Å².